The number of pyridine rings is 1. The summed E-state index contributed by atoms with van der Waals surface area (Å²) in [5.74, 6) is -1.48. The highest BCUT2D eigenvalue weighted by Gasteiger charge is 2.04. The van der Waals surface area contributed by atoms with Gasteiger partial charge in [-0.05, 0) is 12.5 Å². The lowest BCUT2D eigenvalue weighted by Crippen LogP contribution is -2.09. The van der Waals surface area contributed by atoms with Crippen molar-refractivity contribution in [2.24, 2.45) is 0 Å². The van der Waals surface area contributed by atoms with Crippen molar-refractivity contribution in [2.75, 3.05) is 18.5 Å². The van der Waals surface area contributed by atoms with Gasteiger partial charge in [0.1, 0.15) is 12.0 Å². The number of nitrogens with one attached hydrogen (secondary N) is 1. The molecule has 0 saturated carbocycles. The summed E-state index contributed by atoms with van der Waals surface area (Å²) in [6.45, 7) is 0.559. The fraction of sp³-hybridized carbons (Fsp3) is 0.250. The predicted octanol–water partition coefficient (Wildman–Crippen LogP) is 0.976. The first-order valence-corrected chi connectivity index (χ1v) is 5.91. The Morgan fingerprint density at radius 3 is 2.76 bits per heavy atom. The Bertz CT molecular complexity index is 540. The van der Waals surface area contributed by atoms with Crippen molar-refractivity contribution >= 4 is 23.4 Å². The maximum absolute atomic E-state index is 11.0. The number of rotatable bonds is 8. The number of esters is 1. The van der Waals surface area contributed by atoms with Gasteiger partial charge >= 0.3 is 11.9 Å². The third-order valence-electron chi connectivity index (χ3n) is 2.19. The van der Waals surface area contributed by atoms with E-state index in [0.29, 0.717) is 24.9 Å². The zero-order valence-electron chi connectivity index (χ0n) is 10.9. The van der Waals surface area contributed by atoms with Crippen LogP contribution in [0, 0.1) is 10.1 Å². The zero-order chi connectivity index (χ0) is 15.7. The van der Waals surface area contributed by atoms with Gasteiger partial charge in [-0.2, -0.15) is 0 Å². The lowest BCUT2D eigenvalue weighted by Gasteiger charge is -2.05. The van der Waals surface area contributed by atoms with Crippen molar-refractivity contribution in [1.82, 2.24) is 4.98 Å². The molecule has 0 aromatic carbocycles. The quantitative estimate of drug-likeness (QED) is 0.238. The fourth-order valence-electron chi connectivity index (χ4n) is 1.25. The van der Waals surface area contributed by atoms with Crippen molar-refractivity contribution in [2.45, 2.75) is 6.42 Å². The number of ether oxygens (including phenoxy) is 1. The molecule has 0 amide bonds. The fourth-order valence-corrected chi connectivity index (χ4v) is 1.25. The molecule has 9 heteroatoms. The summed E-state index contributed by atoms with van der Waals surface area (Å²) in [6.07, 6.45) is 3.14. The Morgan fingerprint density at radius 1 is 1.43 bits per heavy atom. The van der Waals surface area contributed by atoms with Gasteiger partial charge in [0.05, 0.1) is 11.5 Å². The molecule has 21 heavy (non-hydrogen) atoms. The molecule has 112 valence electrons. The second-order valence-corrected chi connectivity index (χ2v) is 3.78. The normalized spacial score (nSPS) is 10.3. The Kier molecular flexibility index (Phi) is 6.32. The summed E-state index contributed by atoms with van der Waals surface area (Å²) in [4.78, 5) is 34.9. The molecular weight excluding hydrogens is 282 g/mol. The molecule has 2 N–H and O–H groups in total. The number of anilines is 1. The summed E-state index contributed by atoms with van der Waals surface area (Å²) in [7, 11) is 0. The van der Waals surface area contributed by atoms with E-state index < -0.39 is 16.9 Å². The van der Waals surface area contributed by atoms with Crippen LogP contribution in [0.3, 0.4) is 0 Å². The summed E-state index contributed by atoms with van der Waals surface area (Å²) in [5.41, 5.74) is -0.0975. The van der Waals surface area contributed by atoms with Crippen LogP contribution in [0.1, 0.15) is 6.42 Å². The minimum absolute atomic E-state index is 0.0975. The second-order valence-electron chi connectivity index (χ2n) is 3.78. The standard InChI is InChI=1S/C12H13N3O6/c16-11(17)4-5-12(18)21-7-1-6-13-10-3-2-9(8-14-10)15(19)20/h2-5,8H,1,6-7H2,(H,13,14)(H,16,17)/b5-4+. The van der Waals surface area contributed by atoms with E-state index in [1.54, 1.807) is 0 Å². The Morgan fingerprint density at radius 2 is 2.19 bits per heavy atom. The molecule has 1 heterocycles. The Hall–Kier alpha value is -2.97. The van der Waals surface area contributed by atoms with Crippen molar-refractivity contribution in [1.29, 1.82) is 0 Å². The molecule has 1 rings (SSSR count). The van der Waals surface area contributed by atoms with E-state index in [1.807, 2.05) is 0 Å². The van der Waals surface area contributed by atoms with Crippen LogP contribution in [0.15, 0.2) is 30.5 Å². The first kappa shape index (κ1) is 16.1. The number of aliphatic carboxylic acids is 1. The van der Waals surface area contributed by atoms with E-state index in [2.05, 4.69) is 10.3 Å². The molecule has 0 unspecified atom stereocenters. The van der Waals surface area contributed by atoms with E-state index in [4.69, 9.17) is 9.84 Å². The van der Waals surface area contributed by atoms with E-state index >= 15 is 0 Å². The number of nitro groups is 1. The molecule has 0 spiro atoms. The van der Waals surface area contributed by atoms with Crippen LogP contribution >= 0.6 is 0 Å². The van der Waals surface area contributed by atoms with Crippen molar-refractivity contribution in [3.8, 4) is 0 Å². The van der Waals surface area contributed by atoms with Gasteiger partial charge in [-0.15, -0.1) is 0 Å². The van der Waals surface area contributed by atoms with Crippen molar-refractivity contribution < 1.29 is 24.4 Å². The largest absolute Gasteiger partial charge is 0.478 e. The van der Waals surface area contributed by atoms with Gasteiger partial charge in [-0.3, -0.25) is 10.1 Å². The van der Waals surface area contributed by atoms with Crippen LogP contribution in [-0.4, -0.2) is 40.1 Å². The molecule has 0 fully saturated rings. The smallest absolute Gasteiger partial charge is 0.331 e. The lowest BCUT2D eigenvalue weighted by atomic mass is 10.4. The molecule has 0 aliphatic heterocycles. The van der Waals surface area contributed by atoms with Gasteiger partial charge in [0.25, 0.3) is 5.69 Å². The Labute approximate surface area is 119 Å². The zero-order valence-corrected chi connectivity index (χ0v) is 10.9. The first-order valence-electron chi connectivity index (χ1n) is 5.91. The highest BCUT2D eigenvalue weighted by Crippen LogP contribution is 2.11. The SMILES string of the molecule is O=C(O)/C=C/C(=O)OCCCNc1ccc([N+](=O)[O-])cn1. The molecule has 9 nitrogen and oxygen atoms in total. The molecule has 0 bridgehead atoms. The van der Waals surface area contributed by atoms with Crippen LogP contribution in [0.25, 0.3) is 0 Å². The van der Waals surface area contributed by atoms with Crippen LogP contribution < -0.4 is 5.32 Å². The molecule has 0 radical (unpaired) electrons. The molecular formula is C12H13N3O6. The number of nitrogens with zero attached hydrogens (tertiary/aromatic N) is 2. The third kappa shape index (κ3) is 6.66. The number of carbonyl (C=O) groups excluding carboxylic acids is 1. The molecule has 0 aliphatic carbocycles. The van der Waals surface area contributed by atoms with Gasteiger partial charge in [0.2, 0.25) is 0 Å². The molecule has 1 aromatic rings. The number of carbonyl (C=O) groups is 2. The lowest BCUT2D eigenvalue weighted by molar-refractivity contribution is -0.385. The van der Waals surface area contributed by atoms with E-state index in [-0.39, 0.29) is 12.3 Å². The van der Waals surface area contributed by atoms with Gasteiger partial charge in [0.15, 0.2) is 0 Å². The Balaban J connectivity index is 2.21. The monoisotopic (exact) mass is 295 g/mol. The predicted molar refractivity (Wildman–Crippen MR) is 71.7 cm³/mol. The molecule has 0 aliphatic rings. The van der Waals surface area contributed by atoms with E-state index in [9.17, 15) is 19.7 Å². The maximum atomic E-state index is 11.0. The van der Waals surface area contributed by atoms with Crippen molar-refractivity contribution in [3.05, 3.63) is 40.6 Å². The molecule has 1 aromatic heterocycles. The molecule has 0 saturated heterocycles. The minimum Gasteiger partial charge on any atom is -0.478 e. The number of carboxylic acids is 1. The van der Waals surface area contributed by atoms with Gasteiger partial charge < -0.3 is 15.2 Å². The minimum atomic E-state index is -1.22. The average Bonchev–Trinajstić information content (AvgIpc) is 2.45. The number of hydrogen-bond donors (Lipinski definition) is 2. The molecule has 0 atom stereocenters. The topological polar surface area (TPSA) is 132 Å². The highest BCUT2D eigenvalue weighted by molar-refractivity contribution is 5.90. The first-order chi connectivity index (χ1) is 9.99. The summed E-state index contributed by atoms with van der Waals surface area (Å²) < 4.78 is 4.74. The number of aromatic nitrogens is 1. The highest BCUT2D eigenvalue weighted by atomic mass is 16.6. The number of hydrogen-bond acceptors (Lipinski definition) is 7. The average molecular weight is 295 g/mol. The maximum Gasteiger partial charge on any atom is 0.331 e. The summed E-state index contributed by atoms with van der Waals surface area (Å²) >= 11 is 0. The summed E-state index contributed by atoms with van der Waals surface area (Å²) in [6, 6.07) is 2.80. The van der Waals surface area contributed by atoms with Crippen LogP contribution in [0.5, 0.6) is 0 Å². The second kappa shape index (κ2) is 8.25. The van der Waals surface area contributed by atoms with Crippen molar-refractivity contribution in [3.63, 3.8) is 0 Å². The van der Waals surface area contributed by atoms with Gasteiger partial charge in [0, 0.05) is 24.8 Å². The van der Waals surface area contributed by atoms with E-state index in [1.165, 1.54) is 12.1 Å². The van der Waals surface area contributed by atoms with Crippen LogP contribution in [0.4, 0.5) is 11.5 Å². The van der Waals surface area contributed by atoms with Gasteiger partial charge in [-0.25, -0.2) is 14.6 Å². The van der Waals surface area contributed by atoms with Crippen LogP contribution in [0.2, 0.25) is 0 Å². The van der Waals surface area contributed by atoms with E-state index in [0.717, 1.165) is 12.3 Å². The number of carboxylic acid groups (broad SMARTS) is 1. The summed E-state index contributed by atoms with van der Waals surface area (Å²) in [5, 5.41) is 21.6. The third-order valence-corrected chi connectivity index (χ3v) is 2.19. The van der Waals surface area contributed by atoms with Gasteiger partial charge in [-0.1, -0.05) is 0 Å². The van der Waals surface area contributed by atoms with Crippen LogP contribution in [-0.2, 0) is 14.3 Å².